The van der Waals surface area contributed by atoms with E-state index in [1.807, 2.05) is 0 Å². The highest BCUT2D eigenvalue weighted by atomic mass is 35.5. The van der Waals surface area contributed by atoms with Crippen LogP contribution in [0, 0.1) is 0 Å². The summed E-state index contributed by atoms with van der Waals surface area (Å²) in [6.45, 7) is 7.64. The van der Waals surface area contributed by atoms with Crippen molar-refractivity contribution in [3.8, 4) is 0 Å². The summed E-state index contributed by atoms with van der Waals surface area (Å²) in [5, 5.41) is 15.1. The Morgan fingerprint density at radius 1 is 1.64 bits per heavy atom. The smallest absolute Gasteiger partial charge is 0.303 e. The Morgan fingerprint density at radius 3 is 1.73 bits per heavy atom. The molecular weight excluding hydrogens is 168 g/mol. The Hall–Kier alpha value is -0.960. The van der Waals surface area contributed by atoms with E-state index in [0.29, 0.717) is 0 Å². The number of halogens is 1. The van der Waals surface area contributed by atoms with Crippen molar-refractivity contribution in [2.24, 2.45) is 0 Å². The van der Waals surface area contributed by atoms with Gasteiger partial charge in [0.25, 0.3) is 0 Å². The molecule has 0 atom stereocenters. The van der Waals surface area contributed by atoms with E-state index in [4.69, 9.17) is 21.8 Å². The third-order valence-corrected chi connectivity index (χ3v) is 0.302. The second kappa shape index (κ2) is 23.0. The summed E-state index contributed by atoms with van der Waals surface area (Å²) in [7, 11) is 0. The monoisotopic (exact) mass is 180 g/mol. The molecule has 0 aliphatic carbocycles. The van der Waals surface area contributed by atoms with Gasteiger partial charge in [0.2, 0.25) is 0 Å². The number of hydrogen-bond donors (Lipinski definition) is 2. The van der Waals surface area contributed by atoms with E-state index in [0.717, 1.165) is 6.26 Å². The van der Waals surface area contributed by atoms with Crippen LogP contribution in [0.1, 0.15) is 13.3 Å². The van der Waals surface area contributed by atoms with Gasteiger partial charge in [0.1, 0.15) is 0 Å². The molecule has 0 bridgehead atoms. The van der Waals surface area contributed by atoms with Gasteiger partial charge in [0.05, 0.1) is 6.26 Å². The van der Waals surface area contributed by atoms with Crippen LogP contribution in [0.25, 0.3) is 0 Å². The summed E-state index contributed by atoms with van der Waals surface area (Å²) < 4.78 is 0. The molecule has 0 aromatic rings. The first-order valence-corrected chi connectivity index (χ1v) is 3.22. The first kappa shape index (κ1) is 16.6. The Balaban J connectivity index is -0.0000000933. The van der Waals surface area contributed by atoms with Crippen LogP contribution in [0.4, 0.5) is 0 Å². The summed E-state index contributed by atoms with van der Waals surface area (Å²) >= 11 is 4.76. The molecule has 0 radical (unpaired) electrons. The molecule has 0 heterocycles. The van der Waals surface area contributed by atoms with Crippen LogP contribution in [0.2, 0.25) is 0 Å². The number of rotatable bonds is 1. The molecule has 0 saturated carbocycles. The van der Waals surface area contributed by atoms with E-state index < -0.39 is 5.97 Å². The molecular formula is C7H13ClO3. The van der Waals surface area contributed by atoms with Gasteiger partial charge in [0.15, 0.2) is 0 Å². The van der Waals surface area contributed by atoms with Gasteiger partial charge in [-0.3, -0.25) is 4.79 Å². The standard InChI is InChI=1S/C3H6O2.C2H3Cl.C2H4O/c1-2-3(4)5;2*1-2-3/h2H2,1H3,(H,4,5);2H,1H2;2-3H,1H2. The molecule has 0 saturated heterocycles. The summed E-state index contributed by atoms with van der Waals surface area (Å²) in [5.74, 6) is -0.745. The Bertz CT molecular complexity index is 95.9. The lowest BCUT2D eigenvalue weighted by Crippen LogP contribution is -1.86. The van der Waals surface area contributed by atoms with Crippen molar-refractivity contribution in [2.45, 2.75) is 13.3 Å². The van der Waals surface area contributed by atoms with Crippen LogP contribution in [0.5, 0.6) is 0 Å². The molecule has 0 aromatic carbocycles. The predicted molar refractivity (Wildman–Crippen MR) is 46.8 cm³/mol. The van der Waals surface area contributed by atoms with Crippen LogP contribution >= 0.6 is 11.6 Å². The largest absolute Gasteiger partial charge is 0.516 e. The lowest BCUT2D eigenvalue weighted by atomic mass is 10.5. The summed E-state index contributed by atoms with van der Waals surface area (Å²) in [6.07, 6.45) is 0.972. The van der Waals surface area contributed by atoms with Gasteiger partial charge in [-0.1, -0.05) is 31.7 Å². The maximum Gasteiger partial charge on any atom is 0.303 e. The molecule has 11 heavy (non-hydrogen) atoms. The van der Waals surface area contributed by atoms with Crippen molar-refractivity contribution < 1.29 is 15.0 Å². The second-order valence-corrected chi connectivity index (χ2v) is 1.39. The minimum Gasteiger partial charge on any atom is -0.516 e. The van der Waals surface area contributed by atoms with E-state index in [-0.39, 0.29) is 6.42 Å². The van der Waals surface area contributed by atoms with Crippen molar-refractivity contribution in [1.29, 1.82) is 0 Å². The highest BCUT2D eigenvalue weighted by Crippen LogP contribution is 1.67. The number of carboxylic acids is 1. The van der Waals surface area contributed by atoms with Crippen molar-refractivity contribution in [3.63, 3.8) is 0 Å². The highest BCUT2D eigenvalue weighted by Gasteiger charge is 1.80. The minimum atomic E-state index is -0.745. The quantitative estimate of drug-likeness (QED) is 0.610. The second-order valence-electron chi connectivity index (χ2n) is 1.08. The van der Waals surface area contributed by atoms with Crippen molar-refractivity contribution >= 4 is 17.6 Å². The van der Waals surface area contributed by atoms with Crippen LogP contribution in [-0.4, -0.2) is 16.2 Å². The Morgan fingerprint density at radius 2 is 1.73 bits per heavy atom. The molecule has 0 unspecified atom stereocenters. The number of hydrogen-bond acceptors (Lipinski definition) is 2. The number of carboxylic acid groups (broad SMARTS) is 1. The Kier molecular flexibility index (Phi) is 34.6. The third-order valence-electron chi connectivity index (χ3n) is 0.302. The number of carbonyl (C=O) groups is 1. The molecule has 0 aliphatic heterocycles. The first-order chi connectivity index (χ1) is 5.10. The van der Waals surface area contributed by atoms with Gasteiger partial charge < -0.3 is 10.2 Å². The fourth-order valence-corrected chi connectivity index (χ4v) is 0. The molecule has 0 aliphatic rings. The van der Waals surface area contributed by atoms with Gasteiger partial charge in [-0.2, -0.15) is 0 Å². The average molecular weight is 181 g/mol. The normalized spacial score (nSPS) is 5.64. The average Bonchev–Trinajstić information content (AvgIpc) is 1.91. The molecule has 3 nitrogen and oxygen atoms in total. The number of aliphatic hydroxyl groups is 1. The lowest BCUT2D eigenvalue weighted by molar-refractivity contribution is -0.136. The van der Waals surface area contributed by atoms with Crippen LogP contribution < -0.4 is 0 Å². The van der Waals surface area contributed by atoms with E-state index in [1.54, 1.807) is 6.92 Å². The fourth-order valence-electron chi connectivity index (χ4n) is 0. The maximum atomic E-state index is 9.37. The van der Waals surface area contributed by atoms with Gasteiger partial charge in [-0.15, -0.1) is 0 Å². The maximum absolute atomic E-state index is 9.37. The molecule has 0 amide bonds. The van der Waals surface area contributed by atoms with Crippen LogP contribution in [0.3, 0.4) is 0 Å². The molecule has 0 fully saturated rings. The fraction of sp³-hybridized carbons (Fsp3) is 0.286. The number of aliphatic hydroxyl groups excluding tert-OH is 1. The molecule has 0 aromatic heterocycles. The van der Waals surface area contributed by atoms with E-state index in [2.05, 4.69) is 13.2 Å². The zero-order valence-electron chi connectivity index (χ0n) is 6.46. The minimum absolute atomic E-state index is 0.222. The molecule has 0 spiro atoms. The number of aliphatic carboxylic acids is 1. The van der Waals surface area contributed by atoms with E-state index in [9.17, 15) is 4.79 Å². The van der Waals surface area contributed by atoms with E-state index in [1.165, 1.54) is 5.54 Å². The zero-order valence-corrected chi connectivity index (χ0v) is 7.21. The molecule has 4 heteroatoms. The summed E-state index contributed by atoms with van der Waals surface area (Å²) in [4.78, 5) is 9.37. The lowest BCUT2D eigenvalue weighted by Gasteiger charge is -1.71. The summed E-state index contributed by atoms with van der Waals surface area (Å²) in [5.41, 5.74) is 1.22. The van der Waals surface area contributed by atoms with Gasteiger partial charge in [-0.05, 0) is 5.54 Å². The highest BCUT2D eigenvalue weighted by molar-refractivity contribution is 6.25. The van der Waals surface area contributed by atoms with Crippen LogP contribution in [-0.2, 0) is 4.79 Å². The first-order valence-electron chi connectivity index (χ1n) is 2.78. The predicted octanol–water partition coefficient (Wildman–Crippen LogP) is 2.54. The van der Waals surface area contributed by atoms with Crippen molar-refractivity contribution in [3.05, 3.63) is 25.0 Å². The molecule has 2 N–H and O–H groups in total. The SMILES string of the molecule is C=CCl.C=CO.CCC(=O)O. The van der Waals surface area contributed by atoms with Gasteiger partial charge in [-0.25, -0.2) is 0 Å². The molecule has 66 valence electrons. The molecule has 0 rings (SSSR count). The Labute approximate surface area is 71.6 Å². The van der Waals surface area contributed by atoms with E-state index >= 15 is 0 Å². The van der Waals surface area contributed by atoms with Crippen molar-refractivity contribution in [1.82, 2.24) is 0 Å². The van der Waals surface area contributed by atoms with Gasteiger partial charge in [0, 0.05) is 6.42 Å². The third kappa shape index (κ3) is 414. The van der Waals surface area contributed by atoms with Gasteiger partial charge >= 0.3 is 5.97 Å². The van der Waals surface area contributed by atoms with Crippen molar-refractivity contribution in [2.75, 3.05) is 0 Å². The van der Waals surface area contributed by atoms with Crippen LogP contribution in [0.15, 0.2) is 25.0 Å². The zero-order chi connectivity index (χ0) is 9.70. The topological polar surface area (TPSA) is 57.5 Å². The summed E-state index contributed by atoms with van der Waals surface area (Å²) in [6, 6.07) is 0.